The fraction of sp³-hybridized carbons (Fsp3) is 0.304. The number of methoxy groups -OCH3 is 1. The Kier molecular flexibility index (Phi) is 8.65. The van der Waals surface area contributed by atoms with Crippen LogP contribution in [0.4, 0.5) is 0 Å². The molecule has 1 aliphatic heterocycles. The molecule has 3 amide bonds. The van der Waals surface area contributed by atoms with Crippen LogP contribution >= 0.6 is 0 Å². The highest BCUT2D eigenvalue weighted by molar-refractivity contribution is 5.96. The third kappa shape index (κ3) is 6.85. The average Bonchev–Trinajstić information content (AvgIpc) is 2.89. The number of nitrogens with one attached hydrogen (secondary N) is 2. The molecular weight excluding hydrogens is 444 g/mol. The molecule has 2 N–H and O–H groups in total. The van der Waals surface area contributed by atoms with Gasteiger partial charge in [-0.05, 0) is 42.5 Å². The molecule has 0 spiro atoms. The Balaban J connectivity index is 1.47. The maximum Gasteiger partial charge on any atom is 0.276 e. The molecule has 0 bridgehead atoms. The highest BCUT2D eigenvalue weighted by Crippen LogP contribution is 2.28. The third-order valence-electron chi connectivity index (χ3n) is 4.81. The molecule has 3 rings (SSSR count). The molecule has 1 aliphatic rings. The number of hydrogen-bond acceptors (Lipinski definition) is 8. The number of hydrazine groups is 1. The van der Waals surface area contributed by atoms with E-state index in [0.29, 0.717) is 43.4 Å². The summed E-state index contributed by atoms with van der Waals surface area (Å²) >= 11 is 0. The summed E-state index contributed by atoms with van der Waals surface area (Å²) in [6.07, 6.45) is 0. The number of ether oxygens (including phenoxy) is 4. The normalized spacial score (nSPS) is 12.8. The molecule has 34 heavy (non-hydrogen) atoms. The summed E-state index contributed by atoms with van der Waals surface area (Å²) < 4.78 is 21.4. The number of rotatable bonds is 8. The Morgan fingerprint density at radius 3 is 2.41 bits per heavy atom. The van der Waals surface area contributed by atoms with E-state index in [0.717, 1.165) is 0 Å². The van der Waals surface area contributed by atoms with E-state index in [9.17, 15) is 14.4 Å². The first-order valence-electron chi connectivity index (χ1n) is 10.4. The molecule has 0 aromatic heterocycles. The van der Waals surface area contributed by atoms with Crippen LogP contribution in [0.3, 0.4) is 0 Å². The molecule has 0 radical (unpaired) electrons. The Hall–Kier alpha value is -4.30. The van der Waals surface area contributed by atoms with Crippen molar-refractivity contribution in [2.75, 3.05) is 46.6 Å². The molecule has 2 aromatic rings. The molecule has 11 nitrogen and oxygen atoms in total. The topological polar surface area (TPSA) is 139 Å². The highest BCUT2D eigenvalue weighted by atomic mass is 16.5. The average molecular weight is 468 g/mol. The molecule has 178 valence electrons. The molecular formula is C23H24N4O7. The lowest BCUT2D eigenvalue weighted by molar-refractivity contribution is -0.137. The van der Waals surface area contributed by atoms with Crippen molar-refractivity contribution in [2.24, 2.45) is 0 Å². The zero-order chi connectivity index (χ0) is 24.3. The van der Waals surface area contributed by atoms with Gasteiger partial charge in [0, 0.05) is 18.7 Å². The first kappa shape index (κ1) is 24.3. The lowest BCUT2D eigenvalue weighted by Crippen LogP contribution is -2.43. The number of amides is 3. The van der Waals surface area contributed by atoms with Crippen LogP contribution in [-0.2, 0) is 14.3 Å². The second-order valence-corrected chi connectivity index (χ2v) is 7.07. The smallest absolute Gasteiger partial charge is 0.276 e. The molecule has 0 saturated carbocycles. The first-order valence-corrected chi connectivity index (χ1v) is 10.4. The van der Waals surface area contributed by atoms with Crippen molar-refractivity contribution < 1.29 is 33.3 Å². The van der Waals surface area contributed by atoms with Crippen molar-refractivity contribution >= 4 is 17.7 Å². The van der Waals surface area contributed by atoms with E-state index in [-0.39, 0.29) is 30.4 Å². The molecule has 0 unspecified atom stereocenters. The van der Waals surface area contributed by atoms with Crippen LogP contribution in [0.2, 0.25) is 0 Å². The maximum atomic E-state index is 12.4. The van der Waals surface area contributed by atoms with Gasteiger partial charge in [-0.2, -0.15) is 5.26 Å². The van der Waals surface area contributed by atoms with Crippen molar-refractivity contribution in [3.63, 3.8) is 0 Å². The van der Waals surface area contributed by atoms with E-state index in [2.05, 4.69) is 10.9 Å². The van der Waals surface area contributed by atoms with Crippen LogP contribution in [-0.4, -0.2) is 69.2 Å². The number of carbonyl (C=O) groups excluding carboxylic acids is 3. The predicted molar refractivity (Wildman–Crippen MR) is 118 cm³/mol. The predicted octanol–water partition coefficient (Wildman–Crippen LogP) is 0.644. The lowest BCUT2D eigenvalue weighted by Gasteiger charge is -2.26. The Labute approximate surface area is 196 Å². The third-order valence-corrected chi connectivity index (χ3v) is 4.81. The van der Waals surface area contributed by atoms with E-state index in [1.54, 1.807) is 29.2 Å². The Bertz CT molecular complexity index is 1060. The minimum absolute atomic E-state index is 0.168. The molecule has 0 atom stereocenters. The van der Waals surface area contributed by atoms with Gasteiger partial charge < -0.3 is 23.8 Å². The Morgan fingerprint density at radius 1 is 1.00 bits per heavy atom. The monoisotopic (exact) mass is 468 g/mol. The maximum absolute atomic E-state index is 12.4. The van der Waals surface area contributed by atoms with Gasteiger partial charge in [-0.25, -0.2) is 0 Å². The van der Waals surface area contributed by atoms with Gasteiger partial charge in [0.05, 0.1) is 32.0 Å². The zero-order valence-corrected chi connectivity index (χ0v) is 18.5. The van der Waals surface area contributed by atoms with Crippen LogP contribution in [0.25, 0.3) is 0 Å². The number of hydrogen-bond donors (Lipinski definition) is 2. The molecule has 1 saturated heterocycles. The molecule has 2 aromatic carbocycles. The van der Waals surface area contributed by atoms with Crippen molar-refractivity contribution in [1.82, 2.24) is 15.8 Å². The zero-order valence-electron chi connectivity index (χ0n) is 18.5. The van der Waals surface area contributed by atoms with Crippen molar-refractivity contribution in [3.05, 3.63) is 53.6 Å². The van der Waals surface area contributed by atoms with Crippen LogP contribution in [0.5, 0.6) is 17.2 Å². The van der Waals surface area contributed by atoms with Gasteiger partial charge in [-0.15, -0.1) is 0 Å². The lowest BCUT2D eigenvalue weighted by atomic mass is 10.2. The molecule has 11 heteroatoms. The van der Waals surface area contributed by atoms with Gasteiger partial charge in [0.1, 0.15) is 5.75 Å². The van der Waals surface area contributed by atoms with Gasteiger partial charge in [0.2, 0.25) is 0 Å². The number of nitriles is 1. The second kappa shape index (κ2) is 12.1. The fourth-order valence-corrected chi connectivity index (χ4v) is 2.98. The van der Waals surface area contributed by atoms with Crippen LogP contribution < -0.4 is 25.1 Å². The molecule has 1 heterocycles. The standard InChI is InChI=1S/C23H24N4O7/c1-31-20-12-17(4-7-19(20)34-15-22(29)27-8-10-32-11-9-27)23(30)26-25-21(28)14-33-18-5-2-16(13-24)3-6-18/h2-7,12H,8-11,14-15H2,1H3,(H,25,28)(H,26,30). The molecule has 1 fully saturated rings. The molecule has 0 aliphatic carbocycles. The first-order chi connectivity index (χ1) is 16.5. The van der Waals surface area contributed by atoms with Crippen molar-refractivity contribution in [1.29, 1.82) is 5.26 Å². The largest absolute Gasteiger partial charge is 0.493 e. The van der Waals surface area contributed by atoms with Crippen LogP contribution in [0.15, 0.2) is 42.5 Å². The van der Waals surface area contributed by atoms with Crippen molar-refractivity contribution in [3.8, 4) is 23.3 Å². The number of morpholine rings is 1. The van der Waals surface area contributed by atoms with E-state index in [1.165, 1.54) is 25.3 Å². The van der Waals surface area contributed by atoms with Gasteiger partial charge in [0.25, 0.3) is 17.7 Å². The summed E-state index contributed by atoms with van der Waals surface area (Å²) in [5, 5.41) is 8.78. The van der Waals surface area contributed by atoms with Gasteiger partial charge >= 0.3 is 0 Å². The minimum atomic E-state index is -0.582. The van der Waals surface area contributed by atoms with Crippen molar-refractivity contribution in [2.45, 2.75) is 0 Å². The number of nitrogens with zero attached hydrogens (tertiary/aromatic N) is 2. The summed E-state index contributed by atoms with van der Waals surface area (Å²) in [4.78, 5) is 38.2. The summed E-state index contributed by atoms with van der Waals surface area (Å²) in [5.74, 6) is -0.350. The second-order valence-electron chi connectivity index (χ2n) is 7.07. The van der Waals surface area contributed by atoms with Gasteiger partial charge in [-0.3, -0.25) is 25.2 Å². The minimum Gasteiger partial charge on any atom is -0.493 e. The summed E-state index contributed by atoms with van der Waals surface area (Å²) in [5.41, 5.74) is 5.22. The summed E-state index contributed by atoms with van der Waals surface area (Å²) in [6.45, 7) is 1.52. The van der Waals surface area contributed by atoms with Gasteiger partial charge in [-0.1, -0.05) is 0 Å². The van der Waals surface area contributed by atoms with E-state index >= 15 is 0 Å². The van der Waals surface area contributed by atoms with Gasteiger partial charge in [0.15, 0.2) is 24.7 Å². The summed E-state index contributed by atoms with van der Waals surface area (Å²) in [6, 6.07) is 12.7. The Morgan fingerprint density at radius 2 is 1.74 bits per heavy atom. The van der Waals surface area contributed by atoms with Crippen LogP contribution in [0.1, 0.15) is 15.9 Å². The summed E-state index contributed by atoms with van der Waals surface area (Å²) in [7, 11) is 1.41. The van der Waals surface area contributed by atoms with E-state index < -0.39 is 11.8 Å². The fourth-order valence-electron chi connectivity index (χ4n) is 2.98. The quantitative estimate of drug-likeness (QED) is 0.538. The van der Waals surface area contributed by atoms with E-state index in [1.807, 2.05) is 6.07 Å². The van der Waals surface area contributed by atoms with Crippen LogP contribution in [0, 0.1) is 11.3 Å². The number of carbonyl (C=O) groups is 3. The highest BCUT2D eigenvalue weighted by Gasteiger charge is 2.18. The SMILES string of the molecule is COc1cc(C(=O)NNC(=O)COc2ccc(C#N)cc2)ccc1OCC(=O)N1CCOCC1. The number of benzene rings is 2. The van der Waals surface area contributed by atoms with E-state index in [4.69, 9.17) is 24.2 Å².